The molecule has 2 aliphatic rings. The number of likely N-dealkylation sites (tertiary alicyclic amines) is 1. The van der Waals surface area contributed by atoms with Crippen molar-refractivity contribution in [3.05, 3.63) is 76.5 Å². The number of quaternary nitrogens is 1. The van der Waals surface area contributed by atoms with Gasteiger partial charge in [-0.25, -0.2) is 24.0 Å². The van der Waals surface area contributed by atoms with Crippen LogP contribution in [0, 0.1) is 24.5 Å². The second-order valence-electron chi connectivity index (χ2n) is 14.9. The number of carbonyl (C=O) groups is 5. The first-order valence-corrected chi connectivity index (χ1v) is 19.3. The van der Waals surface area contributed by atoms with Crippen LogP contribution in [0.4, 0.5) is 19.3 Å². The summed E-state index contributed by atoms with van der Waals surface area (Å²) >= 11 is 6.55. The zero-order valence-electron chi connectivity index (χ0n) is 33.1. The number of nitrogens with one attached hydrogen (secondary N) is 3. The third-order valence-electron chi connectivity index (χ3n) is 11.0. The Labute approximate surface area is 343 Å². The summed E-state index contributed by atoms with van der Waals surface area (Å²) in [5.74, 6) is -3.89. The fraction of sp³-hybridized carbons (Fsp3) is 0.410. The summed E-state index contributed by atoms with van der Waals surface area (Å²) in [7, 11) is 4.97. The number of amides is 5. The first kappa shape index (κ1) is 42.7. The van der Waals surface area contributed by atoms with Gasteiger partial charge in [-0.1, -0.05) is 17.7 Å². The van der Waals surface area contributed by atoms with Crippen LogP contribution < -0.4 is 16.2 Å². The summed E-state index contributed by atoms with van der Waals surface area (Å²) in [5.41, 5.74) is 5.71. The van der Waals surface area contributed by atoms with E-state index in [1.165, 1.54) is 54.3 Å². The van der Waals surface area contributed by atoms with Gasteiger partial charge in [0.05, 0.1) is 62.0 Å². The van der Waals surface area contributed by atoms with E-state index in [9.17, 15) is 24.0 Å². The highest BCUT2D eigenvalue weighted by molar-refractivity contribution is 6.34. The Hall–Kier alpha value is -5.92. The van der Waals surface area contributed by atoms with Gasteiger partial charge in [0.1, 0.15) is 0 Å². The number of anilines is 1. The summed E-state index contributed by atoms with van der Waals surface area (Å²) in [4.78, 5) is 70.5. The van der Waals surface area contributed by atoms with Crippen molar-refractivity contribution >= 4 is 47.0 Å². The second-order valence-corrected chi connectivity index (χ2v) is 15.3. The number of benzene rings is 2. The molecule has 0 radical (unpaired) electrons. The van der Waals surface area contributed by atoms with Crippen LogP contribution in [0.2, 0.25) is 5.02 Å². The lowest BCUT2D eigenvalue weighted by atomic mass is 9.93. The van der Waals surface area contributed by atoms with Crippen molar-refractivity contribution in [2.45, 2.75) is 26.3 Å². The maximum atomic E-state index is 15.6. The van der Waals surface area contributed by atoms with Crippen molar-refractivity contribution < 1.29 is 47.1 Å². The molecule has 0 unspecified atom stereocenters. The number of hydrazine groups is 1. The molecule has 0 aliphatic carbocycles. The number of imidazole rings is 1. The number of rotatable bonds is 11. The Balaban J connectivity index is 1.03. The van der Waals surface area contributed by atoms with Crippen LogP contribution in [0.25, 0.3) is 22.4 Å². The number of piperidine rings is 1. The SMILES string of the molecule is COCCn1ncc(-c2ccc(-c3cnc(C(=O)Nc4ccc(C(=O)N5CCN(C(=O)C6CC[N+](C)(CC(=O)NNC(=O)O)CC6)CC5)c(Cl)c4)n3C)c(F)c2F)c1C. The summed E-state index contributed by atoms with van der Waals surface area (Å²) in [5, 5.41) is 15.7. The molecule has 5 amide bonds. The molecule has 2 aromatic carbocycles. The van der Waals surface area contributed by atoms with E-state index in [0.29, 0.717) is 81.0 Å². The van der Waals surface area contributed by atoms with Crippen molar-refractivity contribution in [3.8, 4) is 22.4 Å². The zero-order valence-corrected chi connectivity index (χ0v) is 33.8. The molecule has 0 bridgehead atoms. The van der Waals surface area contributed by atoms with Gasteiger partial charge in [0.2, 0.25) is 5.91 Å². The first-order valence-electron chi connectivity index (χ1n) is 18.9. The van der Waals surface area contributed by atoms with E-state index in [1.807, 2.05) is 12.5 Å². The highest BCUT2D eigenvalue weighted by atomic mass is 35.5. The first-order chi connectivity index (χ1) is 28.1. The third kappa shape index (κ3) is 9.37. The average molecular weight is 840 g/mol. The Morgan fingerprint density at radius 1 is 0.949 bits per heavy atom. The lowest BCUT2D eigenvalue weighted by Gasteiger charge is -2.42. The number of ether oxygens (including phenoxy) is 1. The van der Waals surface area contributed by atoms with Crippen LogP contribution in [-0.2, 0) is 27.9 Å². The number of hydrogen-bond donors (Lipinski definition) is 4. The molecular formula is C39H46ClF2N10O7+. The van der Waals surface area contributed by atoms with Crippen molar-refractivity contribution in [2.75, 3.05) is 71.9 Å². The Bertz CT molecular complexity index is 2270. The third-order valence-corrected chi connectivity index (χ3v) is 11.3. The van der Waals surface area contributed by atoms with Crippen molar-refractivity contribution in [3.63, 3.8) is 0 Å². The van der Waals surface area contributed by atoms with Gasteiger partial charge in [0, 0.05) is 87.2 Å². The number of halogens is 3. The molecule has 2 saturated heterocycles. The number of piperazine rings is 1. The van der Waals surface area contributed by atoms with E-state index in [-0.39, 0.29) is 63.2 Å². The lowest BCUT2D eigenvalue weighted by molar-refractivity contribution is -0.907. The van der Waals surface area contributed by atoms with Crippen LogP contribution in [0.1, 0.15) is 39.5 Å². The molecule has 59 heavy (non-hydrogen) atoms. The normalized spacial score (nSPS) is 18.1. The molecule has 17 nitrogen and oxygen atoms in total. The quantitative estimate of drug-likeness (QED) is 0.129. The van der Waals surface area contributed by atoms with Crippen molar-refractivity contribution in [1.82, 2.24) is 40.0 Å². The van der Waals surface area contributed by atoms with Gasteiger partial charge in [-0.05, 0) is 31.2 Å². The molecule has 4 N–H and O–H groups in total. The van der Waals surface area contributed by atoms with Crippen LogP contribution in [0.5, 0.6) is 0 Å². The summed E-state index contributed by atoms with van der Waals surface area (Å²) in [6, 6.07) is 7.34. The molecule has 2 fully saturated rings. The fourth-order valence-corrected chi connectivity index (χ4v) is 7.82. The molecule has 4 heterocycles. The van der Waals surface area contributed by atoms with Crippen LogP contribution >= 0.6 is 11.6 Å². The summed E-state index contributed by atoms with van der Waals surface area (Å²) in [6.07, 6.45) is 2.55. The van der Waals surface area contributed by atoms with Gasteiger partial charge in [-0.2, -0.15) is 5.10 Å². The molecular weight excluding hydrogens is 794 g/mol. The molecule has 0 atom stereocenters. The topological polar surface area (TPSA) is 193 Å². The minimum Gasteiger partial charge on any atom is -0.464 e. The maximum absolute atomic E-state index is 15.6. The minimum atomic E-state index is -1.36. The summed E-state index contributed by atoms with van der Waals surface area (Å²) < 4.78 is 39.5. The van der Waals surface area contributed by atoms with E-state index >= 15 is 8.78 Å². The van der Waals surface area contributed by atoms with Crippen LogP contribution in [-0.4, -0.2) is 135 Å². The predicted octanol–water partition coefficient (Wildman–Crippen LogP) is 3.53. The average Bonchev–Trinajstić information content (AvgIpc) is 3.78. The molecule has 6 rings (SSSR count). The van der Waals surface area contributed by atoms with Gasteiger partial charge >= 0.3 is 6.09 Å². The van der Waals surface area contributed by atoms with E-state index in [1.54, 1.807) is 28.5 Å². The van der Waals surface area contributed by atoms with Crippen molar-refractivity contribution in [1.29, 1.82) is 0 Å². The standard InChI is InChI=1S/C39H45ClF2N10O7/c1-23-29(20-44-51(23)15-18-59-4)26-7-8-28(34(42)33(26)41)31-21-43-35(48(31)2)36(54)45-25-5-6-27(30(40)19-25)38(56)50-13-11-49(12-14-50)37(55)24-9-16-52(3,17-10-24)22-32(53)46-47-39(57)58/h5-8,19-21,24H,9-18,22H2,1-4H3,(H3-,43,45,46,47,53,54,56,57,58)/p+1. The number of aromatic nitrogens is 4. The molecule has 0 saturated carbocycles. The Morgan fingerprint density at radius 3 is 2.27 bits per heavy atom. The monoisotopic (exact) mass is 839 g/mol. The van der Waals surface area contributed by atoms with Gasteiger partial charge in [0.25, 0.3) is 17.7 Å². The van der Waals surface area contributed by atoms with Crippen molar-refractivity contribution in [2.24, 2.45) is 13.0 Å². The predicted molar refractivity (Wildman–Crippen MR) is 211 cm³/mol. The fourth-order valence-electron chi connectivity index (χ4n) is 7.56. The van der Waals surface area contributed by atoms with Gasteiger partial charge in [0.15, 0.2) is 24.0 Å². The Kier molecular flexibility index (Phi) is 13.0. The Morgan fingerprint density at radius 2 is 1.61 bits per heavy atom. The molecule has 20 heteroatoms. The number of hydrogen-bond acceptors (Lipinski definition) is 8. The highest BCUT2D eigenvalue weighted by Gasteiger charge is 2.38. The molecule has 4 aromatic rings. The number of carbonyl (C=O) groups excluding carboxylic acids is 4. The van der Waals surface area contributed by atoms with E-state index in [4.69, 9.17) is 21.4 Å². The largest absolute Gasteiger partial charge is 0.464 e. The summed E-state index contributed by atoms with van der Waals surface area (Å²) in [6.45, 7) is 5.14. The number of likely N-dealkylation sites (N-methyl/N-ethyl adjacent to an activating group) is 1. The van der Waals surface area contributed by atoms with Crippen LogP contribution in [0.3, 0.4) is 0 Å². The zero-order chi connectivity index (χ0) is 42.6. The second kappa shape index (κ2) is 17.9. The molecule has 2 aromatic heterocycles. The highest BCUT2D eigenvalue weighted by Crippen LogP contribution is 2.33. The molecule has 2 aliphatic heterocycles. The molecule has 314 valence electrons. The number of carboxylic acid groups (broad SMARTS) is 1. The number of nitrogens with zero attached hydrogens (tertiary/aromatic N) is 7. The van der Waals surface area contributed by atoms with E-state index in [2.05, 4.69) is 20.8 Å². The lowest BCUT2D eigenvalue weighted by Crippen LogP contribution is -2.58. The van der Waals surface area contributed by atoms with Gasteiger partial charge in [-0.3, -0.25) is 29.3 Å². The molecule has 0 spiro atoms. The van der Waals surface area contributed by atoms with E-state index in [0.717, 1.165) is 0 Å². The van der Waals surface area contributed by atoms with Gasteiger partial charge in [-0.15, -0.1) is 0 Å². The van der Waals surface area contributed by atoms with E-state index < -0.39 is 29.5 Å². The van der Waals surface area contributed by atoms with Gasteiger partial charge < -0.3 is 34.0 Å². The maximum Gasteiger partial charge on any atom is 0.423 e. The number of methoxy groups -OCH3 is 1. The van der Waals surface area contributed by atoms with Crippen LogP contribution in [0.15, 0.2) is 42.7 Å². The smallest absolute Gasteiger partial charge is 0.423 e. The minimum absolute atomic E-state index is 0.00189.